The fraction of sp³-hybridized carbons (Fsp3) is 0.375. The Morgan fingerprint density at radius 2 is 1.79 bits per heavy atom. The van der Waals surface area contributed by atoms with Crippen molar-refractivity contribution in [2.75, 3.05) is 19.0 Å². The molecule has 0 spiro atoms. The molecular formula is C24H31NO3. The quantitative estimate of drug-likeness (QED) is 0.410. The molecule has 0 unspecified atom stereocenters. The number of carbonyl (C=O) groups excluding carboxylic acids is 1. The standard InChI is InChI=1S/C24H31NO3/c1-5-6-7-8-16-28-21-14-12-20(17-22(21)27-4)13-15-23(26)25-24-18(2)10-9-11-19(24)3/h9-15,17H,5-8,16H2,1-4H3,(H,25,26)/b15-13+. The maximum absolute atomic E-state index is 12.3. The molecule has 150 valence electrons. The molecule has 28 heavy (non-hydrogen) atoms. The second-order valence-corrected chi connectivity index (χ2v) is 6.91. The van der Waals surface area contributed by atoms with Gasteiger partial charge in [-0.3, -0.25) is 4.79 Å². The van der Waals surface area contributed by atoms with Crippen molar-refractivity contribution in [2.45, 2.75) is 46.5 Å². The number of hydrogen-bond acceptors (Lipinski definition) is 3. The van der Waals surface area contributed by atoms with Gasteiger partial charge in [0, 0.05) is 11.8 Å². The molecule has 0 aliphatic carbocycles. The summed E-state index contributed by atoms with van der Waals surface area (Å²) in [6.07, 6.45) is 7.96. The Labute approximate surface area is 168 Å². The molecule has 0 saturated heterocycles. The van der Waals surface area contributed by atoms with Crippen molar-refractivity contribution >= 4 is 17.7 Å². The molecule has 1 N–H and O–H groups in total. The van der Waals surface area contributed by atoms with Gasteiger partial charge in [0.05, 0.1) is 13.7 Å². The largest absolute Gasteiger partial charge is 0.493 e. The van der Waals surface area contributed by atoms with Crippen LogP contribution in [0.2, 0.25) is 0 Å². The van der Waals surface area contributed by atoms with E-state index in [4.69, 9.17) is 9.47 Å². The number of nitrogens with one attached hydrogen (secondary N) is 1. The van der Waals surface area contributed by atoms with Crippen LogP contribution in [-0.4, -0.2) is 19.6 Å². The van der Waals surface area contributed by atoms with Crippen LogP contribution in [-0.2, 0) is 4.79 Å². The number of rotatable bonds is 10. The van der Waals surface area contributed by atoms with E-state index in [0.717, 1.165) is 34.5 Å². The monoisotopic (exact) mass is 381 g/mol. The minimum Gasteiger partial charge on any atom is -0.493 e. The first kappa shape index (κ1) is 21.5. The van der Waals surface area contributed by atoms with Crippen molar-refractivity contribution in [3.8, 4) is 11.5 Å². The van der Waals surface area contributed by atoms with Crippen molar-refractivity contribution in [1.29, 1.82) is 0 Å². The summed E-state index contributed by atoms with van der Waals surface area (Å²) in [6.45, 7) is 6.85. The van der Waals surface area contributed by atoms with E-state index in [2.05, 4.69) is 12.2 Å². The summed E-state index contributed by atoms with van der Waals surface area (Å²) in [6, 6.07) is 11.6. The van der Waals surface area contributed by atoms with Crippen LogP contribution in [0.25, 0.3) is 6.08 Å². The molecule has 0 aromatic heterocycles. The van der Waals surface area contributed by atoms with Crippen molar-refractivity contribution in [3.05, 3.63) is 59.2 Å². The van der Waals surface area contributed by atoms with Crippen LogP contribution in [0.1, 0.15) is 49.3 Å². The molecule has 4 heteroatoms. The van der Waals surface area contributed by atoms with Gasteiger partial charge in [-0.1, -0.05) is 50.5 Å². The minimum atomic E-state index is -0.160. The van der Waals surface area contributed by atoms with Gasteiger partial charge in [-0.05, 0) is 55.2 Å². The Morgan fingerprint density at radius 1 is 1.04 bits per heavy atom. The van der Waals surface area contributed by atoms with E-state index < -0.39 is 0 Å². The number of anilines is 1. The SMILES string of the molecule is CCCCCCOc1ccc(/C=C/C(=O)Nc2c(C)cccc2C)cc1OC. The number of ether oxygens (including phenoxy) is 2. The van der Waals surface area contributed by atoms with Crippen LogP contribution in [0, 0.1) is 13.8 Å². The highest BCUT2D eigenvalue weighted by Crippen LogP contribution is 2.29. The van der Waals surface area contributed by atoms with Crippen LogP contribution in [0.3, 0.4) is 0 Å². The topological polar surface area (TPSA) is 47.6 Å². The first-order chi connectivity index (χ1) is 13.5. The van der Waals surface area contributed by atoms with Gasteiger partial charge in [0.15, 0.2) is 11.5 Å². The van der Waals surface area contributed by atoms with Crippen LogP contribution >= 0.6 is 0 Å². The van der Waals surface area contributed by atoms with Crippen molar-refractivity contribution in [1.82, 2.24) is 0 Å². The Morgan fingerprint density at radius 3 is 2.46 bits per heavy atom. The van der Waals surface area contributed by atoms with E-state index in [1.807, 2.05) is 50.2 Å². The van der Waals surface area contributed by atoms with Gasteiger partial charge in [-0.25, -0.2) is 0 Å². The summed E-state index contributed by atoms with van der Waals surface area (Å²) >= 11 is 0. The average Bonchev–Trinajstić information content (AvgIpc) is 2.69. The lowest BCUT2D eigenvalue weighted by Crippen LogP contribution is -2.10. The molecule has 0 fully saturated rings. The summed E-state index contributed by atoms with van der Waals surface area (Å²) in [5.74, 6) is 1.25. The third kappa shape index (κ3) is 6.45. The smallest absolute Gasteiger partial charge is 0.248 e. The van der Waals surface area contributed by atoms with Gasteiger partial charge in [0.1, 0.15) is 0 Å². The molecular weight excluding hydrogens is 350 g/mol. The summed E-state index contributed by atoms with van der Waals surface area (Å²) in [5, 5.41) is 2.95. The van der Waals surface area contributed by atoms with E-state index in [9.17, 15) is 4.79 Å². The number of hydrogen-bond donors (Lipinski definition) is 1. The molecule has 0 saturated carbocycles. The van der Waals surface area contributed by atoms with Crippen molar-refractivity contribution < 1.29 is 14.3 Å². The Balaban J connectivity index is 1.98. The summed E-state index contributed by atoms with van der Waals surface area (Å²) in [7, 11) is 1.63. The van der Waals surface area contributed by atoms with E-state index >= 15 is 0 Å². The van der Waals surface area contributed by atoms with Gasteiger partial charge in [-0.2, -0.15) is 0 Å². The van der Waals surface area contributed by atoms with Gasteiger partial charge >= 0.3 is 0 Å². The molecule has 0 aliphatic rings. The third-order valence-corrected chi connectivity index (χ3v) is 4.60. The highest BCUT2D eigenvalue weighted by atomic mass is 16.5. The zero-order chi connectivity index (χ0) is 20.4. The maximum Gasteiger partial charge on any atom is 0.248 e. The van der Waals surface area contributed by atoms with Gasteiger partial charge in [-0.15, -0.1) is 0 Å². The lowest BCUT2D eigenvalue weighted by molar-refractivity contribution is -0.111. The molecule has 0 aliphatic heterocycles. The molecule has 2 rings (SSSR count). The van der Waals surface area contributed by atoms with E-state index in [0.29, 0.717) is 12.4 Å². The van der Waals surface area contributed by atoms with Gasteiger partial charge in [0.25, 0.3) is 0 Å². The lowest BCUT2D eigenvalue weighted by atomic mass is 10.1. The third-order valence-electron chi connectivity index (χ3n) is 4.60. The lowest BCUT2D eigenvalue weighted by Gasteiger charge is -2.11. The first-order valence-corrected chi connectivity index (χ1v) is 9.91. The van der Waals surface area contributed by atoms with Crippen LogP contribution in [0.15, 0.2) is 42.5 Å². The summed E-state index contributed by atoms with van der Waals surface area (Å²) in [4.78, 5) is 12.3. The normalized spacial score (nSPS) is 10.9. The average molecular weight is 382 g/mol. The zero-order valence-corrected chi connectivity index (χ0v) is 17.4. The molecule has 0 heterocycles. The maximum atomic E-state index is 12.3. The fourth-order valence-corrected chi connectivity index (χ4v) is 2.97. The number of amides is 1. The Bertz CT molecular complexity index is 791. The number of benzene rings is 2. The molecule has 0 atom stereocenters. The number of unbranched alkanes of at least 4 members (excludes halogenated alkanes) is 3. The predicted molar refractivity (Wildman–Crippen MR) is 116 cm³/mol. The highest BCUT2D eigenvalue weighted by Gasteiger charge is 2.07. The van der Waals surface area contributed by atoms with Gasteiger partial charge < -0.3 is 14.8 Å². The molecule has 1 amide bonds. The predicted octanol–water partition coefficient (Wildman–Crippen LogP) is 5.92. The van der Waals surface area contributed by atoms with E-state index in [1.54, 1.807) is 13.2 Å². The molecule has 0 bridgehead atoms. The molecule has 2 aromatic carbocycles. The molecule has 0 radical (unpaired) electrons. The van der Waals surface area contributed by atoms with E-state index in [1.165, 1.54) is 25.3 Å². The van der Waals surface area contributed by atoms with Crippen molar-refractivity contribution in [3.63, 3.8) is 0 Å². The Hall–Kier alpha value is -2.75. The van der Waals surface area contributed by atoms with Crippen molar-refractivity contribution in [2.24, 2.45) is 0 Å². The van der Waals surface area contributed by atoms with Gasteiger partial charge in [0.2, 0.25) is 5.91 Å². The second kappa shape index (κ2) is 11.2. The Kier molecular flexibility index (Phi) is 8.60. The number of para-hydroxylation sites is 1. The van der Waals surface area contributed by atoms with Crippen LogP contribution in [0.4, 0.5) is 5.69 Å². The zero-order valence-electron chi connectivity index (χ0n) is 17.4. The molecule has 2 aromatic rings. The van der Waals surface area contributed by atoms with E-state index in [-0.39, 0.29) is 5.91 Å². The number of methoxy groups -OCH3 is 1. The minimum absolute atomic E-state index is 0.160. The number of carbonyl (C=O) groups is 1. The molecule has 4 nitrogen and oxygen atoms in total. The summed E-state index contributed by atoms with van der Waals surface area (Å²) < 4.78 is 11.3. The second-order valence-electron chi connectivity index (χ2n) is 6.91. The van der Waals surface area contributed by atoms with Crippen LogP contribution in [0.5, 0.6) is 11.5 Å². The first-order valence-electron chi connectivity index (χ1n) is 9.91. The summed E-state index contributed by atoms with van der Waals surface area (Å²) in [5.41, 5.74) is 3.83. The number of aryl methyl sites for hydroxylation is 2. The van der Waals surface area contributed by atoms with Crippen LogP contribution < -0.4 is 14.8 Å². The fourth-order valence-electron chi connectivity index (χ4n) is 2.97. The highest BCUT2D eigenvalue weighted by molar-refractivity contribution is 6.02.